The van der Waals surface area contributed by atoms with Gasteiger partial charge in [0.2, 0.25) is 0 Å². The topological polar surface area (TPSA) is 28.2 Å². The molecule has 0 unspecified atom stereocenters. The number of pyridine rings is 1. The highest BCUT2D eigenvalue weighted by atomic mass is 15.0. The maximum absolute atomic E-state index is 4.25. The maximum atomic E-state index is 4.25. The molecule has 0 amide bonds. The van der Waals surface area contributed by atoms with E-state index >= 15 is 0 Å². The van der Waals surface area contributed by atoms with Gasteiger partial charge in [0.15, 0.2) is 0 Å². The fraction of sp³-hybridized carbons (Fsp3) is 0.500. The van der Waals surface area contributed by atoms with Crippen LogP contribution in [0.25, 0.3) is 0 Å². The monoisotopic (exact) mass is 179 g/mol. The van der Waals surface area contributed by atoms with Crippen LogP contribution < -0.4 is 5.32 Å². The van der Waals surface area contributed by atoms with Crippen molar-refractivity contribution in [1.29, 1.82) is 0 Å². The summed E-state index contributed by atoms with van der Waals surface area (Å²) >= 11 is 0. The first-order valence-corrected chi connectivity index (χ1v) is 4.50. The van der Waals surface area contributed by atoms with E-state index in [1.165, 1.54) is 5.56 Å². The Labute approximate surface area is 79.8 Å². The van der Waals surface area contributed by atoms with Crippen LogP contribution in [0.5, 0.6) is 0 Å². The van der Waals surface area contributed by atoms with E-state index in [0.29, 0.717) is 0 Å². The minimum atomic E-state index is 0.990. The summed E-state index contributed by atoms with van der Waals surface area (Å²) in [6.45, 7) is 1.06. The molecule has 0 saturated carbocycles. The van der Waals surface area contributed by atoms with Gasteiger partial charge in [-0.2, -0.15) is 0 Å². The molecule has 0 fully saturated rings. The molecule has 3 nitrogen and oxygen atoms in total. The lowest BCUT2D eigenvalue weighted by Gasteiger charge is -2.11. The van der Waals surface area contributed by atoms with Crippen molar-refractivity contribution in [3.05, 3.63) is 23.9 Å². The Morgan fingerprint density at radius 2 is 2.23 bits per heavy atom. The first kappa shape index (κ1) is 9.99. The smallest absolute Gasteiger partial charge is 0.128 e. The molecule has 13 heavy (non-hydrogen) atoms. The van der Waals surface area contributed by atoms with Crippen LogP contribution in [0.2, 0.25) is 0 Å². The highest BCUT2D eigenvalue weighted by Gasteiger charge is 2.00. The van der Waals surface area contributed by atoms with Crippen molar-refractivity contribution >= 4 is 5.82 Å². The Morgan fingerprint density at radius 1 is 1.46 bits per heavy atom. The summed E-state index contributed by atoms with van der Waals surface area (Å²) in [5, 5.41) is 3.09. The van der Waals surface area contributed by atoms with Gasteiger partial charge >= 0.3 is 0 Å². The first-order chi connectivity index (χ1) is 6.24. The second-order valence-corrected chi connectivity index (χ2v) is 3.31. The molecule has 0 saturated heterocycles. The number of nitrogens with one attached hydrogen (secondary N) is 1. The number of aromatic nitrogens is 1. The third kappa shape index (κ3) is 3.03. The van der Waals surface area contributed by atoms with E-state index in [-0.39, 0.29) is 0 Å². The third-order valence-electron chi connectivity index (χ3n) is 1.96. The van der Waals surface area contributed by atoms with Crippen LogP contribution in [0, 0.1) is 0 Å². The molecule has 0 radical (unpaired) electrons. The van der Waals surface area contributed by atoms with Crippen LogP contribution in [0.4, 0.5) is 5.82 Å². The van der Waals surface area contributed by atoms with Gasteiger partial charge in [0, 0.05) is 19.8 Å². The van der Waals surface area contributed by atoms with E-state index in [4.69, 9.17) is 0 Å². The van der Waals surface area contributed by atoms with E-state index in [9.17, 15) is 0 Å². The first-order valence-electron chi connectivity index (χ1n) is 4.50. The summed E-state index contributed by atoms with van der Waals surface area (Å²) < 4.78 is 0. The van der Waals surface area contributed by atoms with Crippen LogP contribution in [0.15, 0.2) is 18.3 Å². The normalized spacial score (nSPS) is 10.5. The van der Waals surface area contributed by atoms with Gasteiger partial charge in [0.05, 0.1) is 0 Å². The lowest BCUT2D eigenvalue weighted by molar-refractivity contribution is 0.413. The molecule has 0 spiro atoms. The van der Waals surface area contributed by atoms with Crippen molar-refractivity contribution in [3.63, 3.8) is 0 Å². The van der Waals surface area contributed by atoms with Crippen molar-refractivity contribution < 1.29 is 0 Å². The number of anilines is 1. The van der Waals surface area contributed by atoms with E-state index in [2.05, 4.69) is 35.4 Å². The van der Waals surface area contributed by atoms with Crippen molar-refractivity contribution in [1.82, 2.24) is 9.88 Å². The summed E-state index contributed by atoms with van der Waals surface area (Å²) in [5.41, 5.74) is 1.28. The van der Waals surface area contributed by atoms with Crippen LogP contribution in [0.3, 0.4) is 0 Å². The second-order valence-electron chi connectivity index (χ2n) is 3.31. The van der Waals surface area contributed by atoms with E-state index in [0.717, 1.165) is 18.8 Å². The largest absolute Gasteiger partial charge is 0.373 e. The third-order valence-corrected chi connectivity index (χ3v) is 1.96. The standard InChI is InChI=1S/C10H17N3/c1-11-10-9(5-4-7-12-10)6-8-13(2)3/h4-5,7H,6,8H2,1-3H3,(H,11,12). The molecule has 72 valence electrons. The summed E-state index contributed by atoms with van der Waals surface area (Å²) in [7, 11) is 6.06. The minimum absolute atomic E-state index is 0.990. The predicted molar refractivity (Wildman–Crippen MR) is 56.0 cm³/mol. The van der Waals surface area contributed by atoms with Crippen LogP contribution in [-0.2, 0) is 6.42 Å². The van der Waals surface area contributed by atoms with Gasteiger partial charge < -0.3 is 10.2 Å². The molecule has 1 rings (SSSR count). The van der Waals surface area contributed by atoms with Gasteiger partial charge in [-0.3, -0.25) is 0 Å². The number of nitrogens with zero attached hydrogens (tertiary/aromatic N) is 2. The fourth-order valence-corrected chi connectivity index (χ4v) is 1.21. The summed E-state index contributed by atoms with van der Waals surface area (Å²) in [6, 6.07) is 4.09. The Hall–Kier alpha value is -1.09. The zero-order chi connectivity index (χ0) is 9.68. The molecule has 0 aromatic carbocycles. The number of hydrogen-bond donors (Lipinski definition) is 1. The summed E-state index contributed by atoms with van der Waals surface area (Å²) in [5.74, 6) is 0.990. The maximum Gasteiger partial charge on any atom is 0.128 e. The molecular formula is C10H17N3. The van der Waals surface area contributed by atoms with Gasteiger partial charge in [-0.05, 0) is 32.1 Å². The van der Waals surface area contributed by atoms with E-state index < -0.39 is 0 Å². The van der Waals surface area contributed by atoms with Gasteiger partial charge in [-0.25, -0.2) is 4.98 Å². The lowest BCUT2D eigenvalue weighted by atomic mass is 10.2. The van der Waals surface area contributed by atoms with Gasteiger partial charge in [-0.15, -0.1) is 0 Å². The molecule has 0 atom stereocenters. The lowest BCUT2D eigenvalue weighted by Crippen LogP contribution is -2.15. The van der Waals surface area contributed by atoms with Crippen molar-refractivity contribution in [3.8, 4) is 0 Å². The van der Waals surface area contributed by atoms with Gasteiger partial charge in [-0.1, -0.05) is 6.07 Å². The second kappa shape index (κ2) is 4.82. The molecule has 0 aliphatic carbocycles. The summed E-state index contributed by atoms with van der Waals surface area (Å²) in [4.78, 5) is 6.42. The average Bonchev–Trinajstić information content (AvgIpc) is 2.15. The zero-order valence-corrected chi connectivity index (χ0v) is 8.54. The summed E-state index contributed by atoms with van der Waals surface area (Å²) in [6.07, 6.45) is 2.85. The van der Waals surface area contributed by atoms with Crippen LogP contribution in [0.1, 0.15) is 5.56 Å². The number of rotatable bonds is 4. The van der Waals surface area contributed by atoms with Gasteiger partial charge in [0.1, 0.15) is 5.82 Å². The van der Waals surface area contributed by atoms with E-state index in [1.807, 2.05) is 19.3 Å². The van der Waals surface area contributed by atoms with Gasteiger partial charge in [0.25, 0.3) is 0 Å². The van der Waals surface area contributed by atoms with Crippen molar-refractivity contribution in [2.75, 3.05) is 33.0 Å². The predicted octanol–water partition coefficient (Wildman–Crippen LogP) is 1.23. The molecule has 1 aromatic rings. The van der Waals surface area contributed by atoms with Crippen LogP contribution in [-0.4, -0.2) is 37.6 Å². The molecule has 1 aromatic heterocycles. The van der Waals surface area contributed by atoms with E-state index in [1.54, 1.807) is 0 Å². The highest BCUT2D eigenvalue weighted by Crippen LogP contribution is 2.10. The van der Waals surface area contributed by atoms with Crippen LogP contribution >= 0.6 is 0 Å². The minimum Gasteiger partial charge on any atom is -0.373 e. The molecule has 1 N–H and O–H groups in total. The average molecular weight is 179 g/mol. The fourth-order valence-electron chi connectivity index (χ4n) is 1.21. The SMILES string of the molecule is CNc1ncccc1CCN(C)C. The Bertz CT molecular complexity index is 258. The molecule has 3 heteroatoms. The Balaban J connectivity index is 2.64. The Morgan fingerprint density at radius 3 is 2.85 bits per heavy atom. The number of likely N-dealkylation sites (N-methyl/N-ethyl adjacent to an activating group) is 1. The molecule has 0 aliphatic heterocycles. The highest BCUT2D eigenvalue weighted by molar-refractivity contribution is 5.42. The molecule has 0 aliphatic rings. The van der Waals surface area contributed by atoms with Crippen molar-refractivity contribution in [2.45, 2.75) is 6.42 Å². The Kier molecular flexibility index (Phi) is 3.71. The molecule has 1 heterocycles. The molecular weight excluding hydrogens is 162 g/mol. The molecule has 0 bridgehead atoms. The van der Waals surface area contributed by atoms with Crippen molar-refractivity contribution in [2.24, 2.45) is 0 Å². The quantitative estimate of drug-likeness (QED) is 0.753. The zero-order valence-electron chi connectivity index (χ0n) is 8.54. The number of hydrogen-bond acceptors (Lipinski definition) is 3.